The molecule has 0 spiro atoms. The number of benzene rings is 1. The first kappa shape index (κ1) is 20.2. The number of amides is 1. The van der Waals surface area contributed by atoms with Gasteiger partial charge in [0.05, 0.1) is 6.61 Å². The summed E-state index contributed by atoms with van der Waals surface area (Å²) in [6, 6.07) is 8.37. The van der Waals surface area contributed by atoms with Crippen molar-refractivity contribution in [3.63, 3.8) is 0 Å². The maximum Gasteiger partial charge on any atom is 0.410 e. The lowest BCUT2D eigenvalue weighted by Gasteiger charge is -2.32. The van der Waals surface area contributed by atoms with E-state index >= 15 is 0 Å². The fourth-order valence-electron chi connectivity index (χ4n) is 3.56. The number of hydrogen-bond donors (Lipinski definition) is 0. The quantitative estimate of drug-likeness (QED) is 0.741. The van der Waals surface area contributed by atoms with Crippen LogP contribution in [-0.4, -0.2) is 41.8 Å². The van der Waals surface area contributed by atoms with Gasteiger partial charge in [0.25, 0.3) is 0 Å². The van der Waals surface area contributed by atoms with Crippen LogP contribution in [0.15, 0.2) is 30.5 Å². The van der Waals surface area contributed by atoms with Crippen molar-refractivity contribution in [3.05, 3.63) is 47.3 Å². The molecule has 0 fully saturated rings. The Morgan fingerprint density at radius 1 is 1.29 bits per heavy atom. The summed E-state index contributed by atoms with van der Waals surface area (Å²) in [5, 5.41) is 0. The van der Waals surface area contributed by atoms with Crippen LogP contribution in [0.4, 0.5) is 4.79 Å². The Hall–Kier alpha value is -2.56. The Bertz CT molecular complexity index is 871. The monoisotopic (exact) mass is 382 g/mol. The highest BCUT2D eigenvalue weighted by Gasteiger charge is 2.28. The summed E-state index contributed by atoms with van der Waals surface area (Å²) in [7, 11) is 1.80. The van der Waals surface area contributed by atoms with Gasteiger partial charge >= 0.3 is 6.09 Å². The van der Waals surface area contributed by atoms with E-state index < -0.39 is 5.60 Å². The number of carbonyl (C=O) groups excluding carboxylic acids is 1. The van der Waals surface area contributed by atoms with E-state index in [4.69, 9.17) is 9.47 Å². The Balaban J connectivity index is 1.89. The van der Waals surface area contributed by atoms with E-state index in [0.29, 0.717) is 13.2 Å². The number of ether oxygens (including phenoxy) is 2. The van der Waals surface area contributed by atoms with Crippen molar-refractivity contribution >= 4 is 6.09 Å². The third kappa shape index (κ3) is 4.46. The molecule has 1 amide bonds. The molecular formula is C23H30N2O3. The summed E-state index contributed by atoms with van der Waals surface area (Å²) < 4.78 is 11.6. The number of aromatic nitrogens is 1. The molecule has 3 rings (SSSR count). The second-order valence-electron chi connectivity index (χ2n) is 8.56. The first-order valence-corrected chi connectivity index (χ1v) is 9.79. The number of pyridine rings is 1. The van der Waals surface area contributed by atoms with E-state index in [1.165, 1.54) is 0 Å². The Labute approximate surface area is 167 Å². The van der Waals surface area contributed by atoms with Crippen LogP contribution in [0.25, 0.3) is 11.1 Å². The number of rotatable bonds is 3. The lowest BCUT2D eigenvalue weighted by molar-refractivity contribution is 0.0281. The van der Waals surface area contributed by atoms with E-state index in [0.717, 1.165) is 40.1 Å². The molecule has 5 heteroatoms. The summed E-state index contributed by atoms with van der Waals surface area (Å²) in [6.45, 7) is 11.0. The molecule has 0 N–H and O–H groups in total. The second-order valence-corrected chi connectivity index (χ2v) is 8.56. The molecule has 0 bridgehead atoms. The third-order valence-electron chi connectivity index (χ3n) is 4.93. The van der Waals surface area contributed by atoms with Gasteiger partial charge in [-0.1, -0.05) is 18.2 Å². The molecule has 1 aromatic heterocycles. The van der Waals surface area contributed by atoms with E-state index in [1.807, 2.05) is 33.9 Å². The minimum Gasteiger partial charge on any atom is -0.493 e. The average Bonchev–Trinajstić information content (AvgIpc) is 2.62. The molecule has 1 atom stereocenters. The third-order valence-corrected chi connectivity index (χ3v) is 4.93. The molecule has 0 saturated carbocycles. The van der Waals surface area contributed by atoms with Gasteiger partial charge < -0.3 is 14.4 Å². The molecule has 2 heterocycles. The predicted molar refractivity (Wildman–Crippen MR) is 111 cm³/mol. The standard InChI is InChI=1S/C23H30N2O3/c1-15-13-24-16(2)12-20(15)19-9-7-8-18-17(10-11-27-21(18)19)14-25(6)22(26)28-23(3,4)5/h7-9,12-13,17H,10-11,14H2,1-6H3/t17-/m0/s1. The van der Waals surface area contributed by atoms with Gasteiger partial charge in [-0.3, -0.25) is 4.98 Å². The van der Waals surface area contributed by atoms with Gasteiger partial charge in [0.15, 0.2) is 0 Å². The SMILES string of the molecule is Cc1cc(-c2cccc3c2OCC[C@H]3CN(C)C(=O)OC(C)(C)C)c(C)cn1. The molecule has 28 heavy (non-hydrogen) atoms. The summed E-state index contributed by atoms with van der Waals surface area (Å²) in [4.78, 5) is 18.4. The molecule has 0 saturated heterocycles. The van der Waals surface area contributed by atoms with E-state index in [2.05, 4.69) is 36.2 Å². The van der Waals surface area contributed by atoms with Crippen molar-refractivity contribution in [2.24, 2.45) is 0 Å². The molecule has 2 aromatic rings. The van der Waals surface area contributed by atoms with Crippen molar-refractivity contribution in [3.8, 4) is 16.9 Å². The topological polar surface area (TPSA) is 51.7 Å². The minimum atomic E-state index is -0.497. The number of carbonyl (C=O) groups is 1. The minimum absolute atomic E-state index is 0.212. The lowest BCUT2D eigenvalue weighted by atomic mass is 9.88. The molecule has 0 aliphatic carbocycles. The van der Waals surface area contributed by atoms with Gasteiger partial charge in [-0.25, -0.2) is 4.79 Å². The predicted octanol–water partition coefficient (Wildman–Crippen LogP) is 5.10. The van der Waals surface area contributed by atoms with Crippen LogP contribution in [0.3, 0.4) is 0 Å². The zero-order chi connectivity index (χ0) is 20.5. The zero-order valence-corrected chi connectivity index (χ0v) is 17.7. The van der Waals surface area contributed by atoms with Gasteiger partial charge in [0.1, 0.15) is 11.4 Å². The first-order valence-electron chi connectivity index (χ1n) is 9.79. The van der Waals surface area contributed by atoms with Crippen LogP contribution >= 0.6 is 0 Å². The summed E-state index contributed by atoms with van der Waals surface area (Å²) in [5.74, 6) is 1.13. The van der Waals surface area contributed by atoms with E-state index in [1.54, 1.807) is 11.9 Å². The molecule has 1 aromatic carbocycles. The maximum absolute atomic E-state index is 12.4. The Morgan fingerprint density at radius 2 is 2.04 bits per heavy atom. The van der Waals surface area contributed by atoms with Crippen LogP contribution < -0.4 is 4.74 Å². The summed E-state index contributed by atoms with van der Waals surface area (Å²) in [5.41, 5.74) is 4.98. The first-order chi connectivity index (χ1) is 13.2. The highest BCUT2D eigenvalue weighted by molar-refractivity contribution is 5.75. The van der Waals surface area contributed by atoms with Crippen LogP contribution in [-0.2, 0) is 4.74 Å². The van der Waals surface area contributed by atoms with Crippen LogP contribution in [0.5, 0.6) is 5.75 Å². The molecule has 1 aliphatic rings. The van der Waals surface area contributed by atoms with E-state index in [9.17, 15) is 4.79 Å². The number of nitrogens with zero attached hydrogens (tertiary/aromatic N) is 2. The van der Waals surface area contributed by atoms with Gasteiger partial charge in [0.2, 0.25) is 0 Å². The summed E-state index contributed by atoms with van der Waals surface area (Å²) >= 11 is 0. The highest BCUT2D eigenvalue weighted by Crippen LogP contribution is 2.42. The van der Waals surface area contributed by atoms with Crippen molar-refractivity contribution in [1.82, 2.24) is 9.88 Å². The van der Waals surface area contributed by atoms with Crippen LogP contribution in [0, 0.1) is 13.8 Å². The number of hydrogen-bond acceptors (Lipinski definition) is 4. The van der Waals surface area contributed by atoms with Gasteiger partial charge in [-0.05, 0) is 63.8 Å². The zero-order valence-electron chi connectivity index (χ0n) is 17.7. The molecule has 1 aliphatic heterocycles. The number of para-hydroxylation sites is 1. The molecule has 0 unspecified atom stereocenters. The van der Waals surface area contributed by atoms with Crippen LogP contribution in [0.1, 0.15) is 49.9 Å². The Morgan fingerprint density at radius 3 is 2.75 bits per heavy atom. The normalized spacial score (nSPS) is 16.1. The average molecular weight is 383 g/mol. The molecule has 5 nitrogen and oxygen atoms in total. The Kier molecular flexibility index (Phi) is 5.64. The van der Waals surface area contributed by atoms with E-state index in [-0.39, 0.29) is 12.0 Å². The number of aryl methyl sites for hydroxylation is 2. The van der Waals surface area contributed by atoms with Gasteiger partial charge in [0, 0.05) is 37.0 Å². The number of fused-ring (bicyclic) bond motifs is 1. The van der Waals surface area contributed by atoms with Gasteiger partial charge in [-0.2, -0.15) is 0 Å². The van der Waals surface area contributed by atoms with Crippen molar-refractivity contribution in [2.75, 3.05) is 20.2 Å². The second kappa shape index (κ2) is 7.82. The fourth-order valence-corrected chi connectivity index (χ4v) is 3.56. The van der Waals surface area contributed by atoms with Crippen molar-refractivity contribution < 1.29 is 14.3 Å². The van der Waals surface area contributed by atoms with Crippen molar-refractivity contribution in [2.45, 2.75) is 52.6 Å². The van der Waals surface area contributed by atoms with Crippen molar-refractivity contribution in [1.29, 1.82) is 0 Å². The molecule has 0 radical (unpaired) electrons. The lowest BCUT2D eigenvalue weighted by Crippen LogP contribution is -2.37. The highest BCUT2D eigenvalue weighted by atomic mass is 16.6. The molecular weight excluding hydrogens is 352 g/mol. The van der Waals surface area contributed by atoms with Gasteiger partial charge in [-0.15, -0.1) is 0 Å². The smallest absolute Gasteiger partial charge is 0.410 e. The fraction of sp³-hybridized carbons (Fsp3) is 0.478. The summed E-state index contributed by atoms with van der Waals surface area (Å²) in [6.07, 6.45) is 2.48. The number of likely N-dealkylation sites (N-methyl/N-ethyl adjacent to an activating group) is 1. The largest absolute Gasteiger partial charge is 0.493 e. The van der Waals surface area contributed by atoms with Crippen LogP contribution in [0.2, 0.25) is 0 Å². The maximum atomic E-state index is 12.4. The molecule has 150 valence electrons.